The summed E-state index contributed by atoms with van der Waals surface area (Å²) in [6.45, 7) is 2.77. The average molecular weight is 319 g/mol. The molecule has 1 atom stereocenters. The van der Waals surface area contributed by atoms with Crippen molar-refractivity contribution in [2.45, 2.75) is 32.0 Å². The molecule has 0 aromatic carbocycles. The minimum atomic E-state index is -4.55. The number of rotatable bonds is 2. The van der Waals surface area contributed by atoms with Crippen LogP contribution in [0.3, 0.4) is 0 Å². The van der Waals surface area contributed by atoms with Crippen molar-refractivity contribution in [3.8, 4) is 0 Å². The summed E-state index contributed by atoms with van der Waals surface area (Å²) >= 11 is 0. The van der Waals surface area contributed by atoms with E-state index in [9.17, 15) is 22.8 Å². The fourth-order valence-electron chi connectivity index (χ4n) is 2.06. The van der Waals surface area contributed by atoms with E-state index in [1.807, 2.05) is 13.8 Å². The maximum atomic E-state index is 12.7. The van der Waals surface area contributed by atoms with Gasteiger partial charge in [0.1, 0.15) is 11.4 Å². The van der Waals surface area contributed by atoms with Gasteiger partial charge in [0.2, 0.25) is 0 Å². The number of aromatic amines is 1. The van der Waals surface area contributed by atoms with E-state index in [-0.39, 0.29) is 24.6 Å². The van der Waals surface area contributed by atoms with Gasteiger partial charge in [0.05, 0.1) is 13.2 Å². The molecule has 0 unspecified atom stereocenters. The molecule has 6 nitrogen and oxygen atoms in total. The molecular formula is C13H16F3N3O3. The van der Waals surface area contributed by atoms with E-state index < -0.39 is 30.3 Å². The first-order chi connectivity index (χ1) is 10.2. The Hall–Kier alpha value is -1.90. The Morgan fingerprint density at radius 3 is 2.73 bits per heavy atom. The number of amides is 1. The van der Waals surface area contributed by atoms with Crippen LogP contribution in [0.2, 0.25) is 0 Å². The number of nitrogens with zero attached hydrogens (tertiary/aromatic N) is 2. The zero-order chi connectivity index (χ0) is 16.5. The van der Waals surface area contributed by atoms with Crippen molar-refractivity contribution >= 4 is 5.91 Å². The Kier molecular flexibility index (Phi) is 4.55. The minimum absolute atomic E-state index is 0.00319. The number of halogens is 3. The van der Waals surface area contributed by atoms with Crippen molar-refractivity contribution in [1.82, 2.24) is 14.9 Å². The van der Waals surface area contributed by atoms with Crippen molar-refractivity contribution in [3.63, 3.8) is 0 Å². The molecular weight excluding hydrogens is 303 g/mol. The molecule has 1 aromatic rings. The second-order valence-corrected chi connectivity index (χ2v) is 5.32. The molecule has 9 heteroatoms. The summed E-state index contributed by atoms with van der Waals surface area (Å²) < 4.78 is 42.6. The van der Waals surface area contributed by atoms with Gasteiger partial charge in [-0.25, -0.2) is 4.98 Å². The second kappa shape index (κ2) is 6.07. The van der Waals surface area contributed by atoms with Gasteiger partial charge in [-0.15, -0.1) is 0 Å². The first kappa shape index (κ1) is 16.5. The Labute approximate surface area is 124 Å². The fraction of sp³-hybridized carbons (Fsp3) is 0.615. The first-order valence-electron chi connectivity index (χ1n) is 6.77. The molecule has 1 saturated heterocycles. The Morgan fingerprint density at radius 2 is 2.18 bits per heavy atom. The fourth-order valence-corrected chi connectivity index (χ4v) is 2.06. The van der Waals surface area contributed by atoms with E-state index in [0.717, 1.165) is 11.1 Å². The number of ether oxygens (including phenoxy) is 1. The van der Waals surface area contributed by atoms with Crippen LogP contribution >= 0.6 is 0 Å². The van der Waals surface area contributed by atoms with Crippen LogP contribution in [0.5, 0.6) is 0 Å². The molecule has 2 rings (SSSR count). The van der Waals surface area contributed by atoms with Gasteiger partial charge in [0, 0.05) is 18.7 Å². The van der Waals surface area contributed by atoms with Crippen LogP contribution in [-0.2, 0) is 4.74 Å². The van der Waals surface area contributed by atoms with E-state index in [0.29, 0.717) is 5.82 Å². The molecule has 1 aliphatic heterocycles. The quantitative estimate of drug-likeness (QED) is 0.891. The lowest BCUT2D eigenvalue weighted by molar-refractivity contribution is -0.233. The molecule has 1 fully saturated rings. The lowest BCUT2D eigenvalue weighted by Crippen LogP contribution is -2.51. The number of H-pyrrole nitrogens is 1. The van der Waals surface area contributed by atoms with Crippen molar-refractivity contribution in [3.05, 3.63) is 27.9 Å². The molecule has 1 aliphatic rings. The highest BCUT2D eigenvalue weighted by molar-refractivity contribution is 5.93. The number of carbonyl (C=O) groups is 1. The van der Waals surface area contributed by atoms with Gasteiger partial charge in [-0.2, -0.15) is 13.2 Å². The highest BCUT2D eigenvalue weighted by Crippen LogP contribution is 2.26. The summed E-state index contributed by atoms with van der Waals surface area (Å²) in [6.07, 6.45) is -5.48. The predicted octanol–water partition coefficient (Wildman–Crippen LogP) is 1.30. The third-order valence-corrected chi connectivity index (χ3v) is 3.31. The molecule has 0 spiro atoms. The van der Waals surface area contributed by atoms with Crippen LogP contribution < -0.4 is 5.56 Å². The maximum absolute atomic E-state index is 12.7. The third kappa shape index (κ3) is 3.46. The molecule has 2 heterocycles. The van der Waals surface area contributed by atoms with Crippen LogP contribution in [0.25, 0.3) is 0 Å². The summed E-state index contributed by atoms with van der Waals surface area (Å²) in [5.41, 5.74) is -0.925. The molecule has 0 radical (unpaired) electrons. The third-order valence-electron chi connectivity index (χ3n) is 3.31. The van der Waals surface area contributed by atoms with Crippen LogP contribution in [0.1, 0.15) is 35.9 Å². The number of alkyl halides is 3. The largest absolute Gasteiger partial charge is 0.416 e. The summed E-state index contributed by atoms with van der Waals surface area (Å²) in [5.74, 6) is -0.395. The van der Waals surface area contributed by atoms with Crippen molar-refractivity contribution in [2.24, 2.45) is 0 Å². The normalized spacial score (nSPS) is 19.5. The maximum Gasteiger partial charge on any atom is 0.416 e. The van der Waals surface area contributed by atoms with Gasteiger partial charge in [-0.1, -0.05) is 13.8 Å². The van der Waals surface area contributed by atoms with Crippen molar-refractivity contribution in [1.29, 1.82) is 0 Å². The van der Waals surface area contributed by atoms with E-state index in [2.05, 4.69) is 14.7 Å². The second-order valence-electron chi connectivity index (χ2n) is 5.32. The Balaban J connectivity index is 2.19. The number of hydrogen-bond donors (Lipinski definition) is 1. The minimum Gasteiger partial charge on any atom is -0.365 e. The average Bonchev–Trinajstić information content (AvgIpc) is 2.45. The van der Waals surface area contributed by atoms with Gasteiger partial charge in [0.25, 0.3) is 11.5 Å². The van der Waals surface area contributed by atoms with E-state index in [1.165, 1.54) is 0 Å². The summed E-state index contributed by atoms with van der Waals surface area (Å²) in [4.78, 5) is 31.5. The highest BCUT2D eigenvalue weighted by atomic mass is 19.4. The van der Waals surface area contributed by atoms with Gasteiger partial charge in [-0.05, 0) is 0 Å². The summed E-state index contributed by atoms with van der Waals surface area (Å²) in [5, 5.41) is 0. The smallest absolute Gasteiger partial charge is 0.365 e. The summed E-state index contributed by atoms with van der Waals surface area (Å²) in [7, 11) is 0. The van der Waals surface area contributed by atoms with Gasteiger partial charge >= 0.3 is 6.18 Å². The highest BCUT2D eigenvalue weighted by Gasteiger charge is 2.44. The zero-order valence-electron chi connectivity index (χ0n) is 12.1. The number of carbonyl (C=O) groups excluding carboxylic acids is 1. The number of morpholine rings is 1. The SMILES string of the molecule is CC(C)c1ncc(C(=O)N2CCO[C@@H](C(F)(F)F)C2)c(=O)[nH]1. The van der Waals surface area contributed by atoms with E-state index in [4.69, 9.17) is 0 Å². The molecule has 22 heavy (non-hydrogen) atoms. The standard InChI is InChI=1S/C13H16F3N3O3/c1-7(2)10-17-5-8(11(20)18-10)12(21)19-3-4-22-9(6-19)13(14,15)16/h5,7,9H,3-4,6H2,1-2H3,(H,17,18,20)/t9-/m1/s1. The molecule has 0 aliphatic carbocycles. The monoisotopic (exact) mass is 319 g/mol. The number of aromatic nitrogens is 2. The van der Waals surface area contributed by atoms with Gasteiger partial charge < -0.3 is 14.6 Å². The lowest BCUT2D eigenvalue weighted by Gasteiger charge is -2.33. The lowest BCUT2D eigenvalue weighted by atomic mass is 10.2. The first-order valence-corrected chi connectivity index (χ1v) is 6.77. The molecule has 1 N–H and O–H groups in total. The molecule has 1 aromatic heterocycles. The van der Waals surface area contributed by atoms with Crippen LogP contribution in [0, 0.1) is 0 Å². The molecule has 1 amide bonds. The number of nitrogens with one attached hydrogen (secondary N) is 1. The van der Waals surface area contributed by atoms with Crippen LogP contribution in [0.4, 0.5) is 13.2 Å². The molecule has 0 saturated carbocycles. The predicted molar refractivity (Wildman–Crippen MR) is 70.6 cm³/mol. The molecule has 122 valence electrons. The van der Waals surface area contributed by atoms with Gasteiger partial charge in [-0.3, -0.25) is 9.59 Å². The van der Waals surface area contributed by atoms with E-state index >= 15 is 0 Å². The zero-order valence-corrected chi connectivity index (χ0v) is 12.1. The Morgan fingerprint density at radius 1 is 1.50 bits per heavy atom. The van der Waals surface area contributed by atoms with Crippen molar-refractivity contribution in [2.75, 3.05) is 19.7 Å². The van der Waals surface area contributed by atoms with Crippen LogP contribution in [-0.4, -0.2) is 52.8 Å². The molecule has 0 bridgehead atoms. The summed E-state index contributed by atoms with van der Waals surface area (Å²) in [6, 6.07) is 0. The topological polar surface area (TPSA) is 75.3 Å². The van der Waals surface area contributed by atoms with Crippen LogP contribution in [0.15, 0.2) is 11.0 Å². The van der Waals surface area contributed by atoms with Gasteiger partial charge in [0.15, 0.2) is 6.10 Å². The Bertz CT molecular complexity index is 613. The van der Waals surface area contributed by atoms with Crippen molar-refractivity contribution < 1.29 is 22.7 Å². The van der Waals surface area contributed by atoms with E-state index in [1.54, 1.807) is 0 Å². The number of hydrogen-bond acceptors (Lipinski definition) is 4.